The predicted molar refractivity (Wildman–Crippen MR) is 80.3 cm³/mol. The Kier molecular flexibility index (Phi) is 6.85. The van der Waals surface area contributed by atoms with Crippen molar-refractivity contribution in [2.45, 2.75) is 53.7 Å². The summed E-state index contributed by atoms with van der Waals surface area (Å²) in [6.07, 6.45) is 5.00. The van der Waals surface area contributed by atoms with Crippen molar-refractivity contribution < 1.29 is 4.74 Å². The molecule has 0 amide bonds. The van der Waals surface area contributed by atoms with Gasteiger partial charge in [0.2, 0.25) is 0 Å². The Morgan fingerprint density at radius 2 is 1.89 bits per heavy atom. The smallest absolute Gasteiger partial charge is 0.127 e. The van der Waals surface area contributed by atoms with Gasteiger partial charge in [0.15, 0.2) is 0 Å². The zero-order valence-corrected chi connectivity index (χ0v) is 12.9. The van der Waals surface area contributed by atoms with Gasteiger partial charge in [-0.2, -0.15) is 0 Å². The molecule has 0 fully saturated rings. The summed E-state index contributed by atoms with van der Waals surface area (Å²) in [7, 11) is 0. The molecule has 1 unspecified atom stereocenters. The van der Waals surface area contributed by atoms with Gasteiger partial charge in [0.25, 0.3) is 0 Å². The van der Waals surface area contributed by atoms with Gasteiger partial charge in [-0.25, -0.2) is 0 Å². The Hall–Kier alpha value is -1.09. The van der Waals surface area contributed by atoms with Gasteiger partial charge in [0, 0.05) is 24.5 Å². The summed E-state index contributed by atoms with van der Waals surface area (Å²) in [4.78, 5) is 4.19. The van der Waals surface area contributed by atoms with Crippen LogP contribution in [-0.2, 0) is 6.54 Å². The fraction of sp³-hybridized carbons (Fsp3) is 0.688. The Balaban J connectivity index is 2.57. The fourth-order valence-corrected chi connectivity index (χ4v) is 2.09. The minimum atomic E-state index is 0.242. The molecule has 1 rings (SSSR count). The number of nitrogens with one attached hydrogen (secondary N) is 1. The molecule has 0 aliphatic rings. The fourth-order valence-electron chi connectivity index (χ4n) is 2.09. The van der Waals surface area contributed by atoms with Crippen molar-refractivity contribution in [2.24, 2.45) is 11.8 Å². The van der Waals surface area contributed by atoms with Gasteiger partial charge >= 0.3 is 0 Å². The first-order valence-corrected chi connectivity index (χ1v) is 7.29. The second kappa shape index (κ2) is 8.16. The molecule has 0 aliphatic heterocycles. The summed E-state index contributed by atoms with van der Waals surface area (Å²) in [5, 5.41) is 3.44. The monoisotopic (exact) mass is 264 g/mol. The highest BCUT2D eigenvalue weighted by molar-refractivity contribution is 5.30. The average molecular weight is 264 g/mol. The van der Waals surface area contributed by atoms with Crippen LogP contribution in [0.2, 0.25) is 0 Å². The summed E-state index contributed by atoms with van der Waals surface area (Å²) < 4.78 is 6.03. The van der Waals surface area contributed by atoms with E-state index in [9.17, 15) is 0 Å². The molecular weight excluding hydrogens is 236 g/mol. The highest BCUT2D eigenvalue weighted by Gasteiger charge is 2.10. The van der Waals surface area contributed by atoms with Crippen LogP contribution in [-0.4, -0.2) is 17.6 Å². The van der Waals surface area contributed by atoms with Crippen molar-refractivity contribution in [1.29, 1.82) is 0 Å². The molecule has 0 saturated carbocycles. The van der Waals surface area contributed by atoms with Gasteiger partial charge in [-0.05, 0) is 37.8 Å². The maximum atomic E-state index is 6.03. The molecule has 0 aromatic carbocycles. The van der Waals surface area contributed by atoms with Crippen LogP contribution in [0.15, 0.2) is 18.5 Å². The minimum Gasteiger partial charge on any atom is -0.490 e. The summed E-state index contributed by atoms with van der Waals surface area (Å²) >= 11 is 0. The van der Waals surface area contributed by atoms with Gasteiger partial charge in [-0.1, -0.05) is 27.7 Å². The molecule has 1 heterocycles. The van der Waals surface area contributed by atoms with E-state index in [2.05, 4.69) is 44.9 Å². The first-order chi connectivity index (χ1) is 8.99. The number of hydrogen-bond donors (Lipinski definition) is 1. The van der Waals surface area contributed by atoms with E-state index in [0.29, 0.717) is 11.8 Å². The second-order valence-corrected chi connectivity index (χ2v) is 6.07. The number of aromatic nitrogens is 1. The predicted octanol–water partition coefficient (Wildman–Crippen LogP) is 3.64. The quantitative estimate of drug-likeness (QED) is 0.778. The molecule has 19 heavy (non-hydrogen) atoms. The van der Waals surface area contributed by atoms with E-state index in [-0.39, 0.29) is 6.10 Å². The lowest BCUT2D eigenvalue weighted by atomic mass is 10.1. The van der Waals surface area contributed by atoms with Gasteiger partial charge in [0.1, 0.15) is 5.75 Å². The van der Waals surface area contributed by atoms with E-state index in [4.69, 9.17) is 4.74 Å². The van der Waals surface area contributed by atoms with Gasteiger partial charge in [-0.15, -0.1) is 0 Å². The zero-order valence-electron chi connectivity index (χ0n) is 12.9. The molecule has 0 bridgehead atoms. The minimum absolute atomic E-state index is 0.242. The van der Waals surface area contributed by atoms with Gasteiger partial charge in [-0.3, -0.25) is 4.98 Å². The van der Waals surface area contributed by atoms with Crippen LogP contribution >= 0.6 is 0 Å². The standard InChI is InChI=1S/C16H28N2O/c1-12(2)8-14(5)19-16-6-7-17-10-15(16)11-18-9-13(3)4/h6-7,10,12-14,18H,8-9,11H2,1-5H3. The number of hydrogen-bond acceptors (Lipinski definition) is 3. The summed E-state index contributed by atoms with van der Waals surface area (Å²) in [6, 6.07) is 1.96. The number of rotatable bonds is 8. The van der Waals surface area contributed by atoms with E-state index in [1.807, 2.05) is 12.3 Å². The lowest BCUT2D eigenvalue weighted by molar-refractivity contribution is 0.191. The molecule has 0 saturated heterocycles. The molecule has 3 nitrogen and oxygen atoms in total. The van der Waals surface area contributed by atoms with Crippen LogP contribution in [0.25, 0.3) is 0 Å². The highest BCUT2D eigenvalue weighted by Crippen LogP contribution is 2.20. The Morgan fingerprint density at radius 3 is 2.53 bits per heavy atom. The summed E-state index contributed by atoms with van der Waals surface area (Å²) in [5.41, 5.74) is 1.14. The van der Waals surface area contributed by atoms with Crippen LogP contribution < -0.4 is 10.1 Å². The van der Waals surface area contributed by atoms with Crippen LogP contribution in [0.4, 0.5) is 0 Å². The van der Waals surface area contributed by atoms with Crippen molar-refractivity contribution >= 4 is 0 Å². The average Bonchev–Trinajstić information content (AvgIpc) is 2.29. The van der Waals surface area contributed by atoms with E-state index in [1.165, 1.54) is 0 Å². The second-order valence-electron chi connectivity index (χ2n) is 6.07. The number of pyridine rings is 1. The lowest BCUT2D eigenvalue weighted by Gasteiger charge is -2.19. The van der Waals surface area contributed by atoms with Crippen molar-refractivity contribution in [3.05, 3.63) is 24.0 Å². The van der Waals surface area contributed by atoms with E-state index in [1.54, 1.807) is 6.20 Å². The molecule has 108 valence electrons. The summed E-state index contributed by atoms with van der Waals surface area (Å²) in [6.45, 7) is 12.8. The Labute approximate surface area is 117 Å². The van der Waals surface area contributed by atoms with Crippen molar-refractivity contribution in [2.75, 3.05) is 6.54 Å². The maximum absolute atomic E-state index is 6.03. The molecule has 1 aromatic heterocycles. The lowest BCUT2D eigenvalue weighted by Crippen LogP contribution is -2.21. The summed E-state index contributed by atoms with van der Waals surface area (Å²) in [5.74, 6) is 2.26. The first kappa shape index (κ1) is 16.0. The topological polar surface area (TPSA) is 34.2 Å². The third kappa shape index (κ3) is 6.58. The van der Waals surface area contributed by atoms with Crippen LogP contribution in [0.3, 0.4) is 0 Å². The van der Waals surface area contributed by atoms with Crippen LogP contribution in [0, 0.1) is 11.8 Å². The van der Waals surface area contributed by atoms with Gasteiger partial charge in [0.05, 0.1) is 6.10 Å². The first-order valence-electron chi connectivity index (χ1n) is 7.29. The molecule has 1 atom stereocenters. The van der Waals surface area contributed by atoms with Crippen molar-refractivity contribution in [3.63, 3.8) is 0 Å². The van der Waals surface area contributed by atoms with E-state index >= 15 is 0 Å². The SMILES string of the molecule is CC(C)CNCc1cnccc1OC(C)CC(C)C. The number of nitrogens with zero attached hydrogens (tertiary/aromatic N) is 1. The van der Waals surface area contributed by atoms with Gasteiger partial charge < -0.3 is 10.1 Å². The third-order valence-electron chi connectivity index (χ3n) is 2.86. The maximum Gasteiger partial charge on any atom is 0.127 e. The van der Waals surface area contributed by atoms with Crippen molar-refractivity contribution in [3.8, 4) is 5.75 Å². The molecule has 0 aliphatic carbocycles. The molecule has 1 N–H and O–H groups in total. The molecule has 3 heteroatoms. The molecular formula is C16H28N2O. The van der Waals surface area contributed by atoms with E-state index < -0.39 is 0 Å². The highest BCUT2D eigenvalue weighted by atomic mass is 16.5. The van der Waals surface area contributed by atoms with Crippen LogP contribution in [0.1, 0.15) is 46.6 Å². The molecule has 0 spiro atoms. The largest absolute Gasteiger partial charge is 0.490 e. The molecule has 0 radical (unpaired) electrons. The van der Waals surface area contributed by atoms with Crippen LogP contribution in [0.5, 0.6) is 5.75 Å². The van der Waals surface area contributed by atoms with E-state index in [0.717, 1.165) is 30.8 Å². The Bertz CT molecular complexity index is 364. The Morgan fingerprint density at radius 1 is 1.16 bits per heavy atom. The number of ether oxygens (including phenoxy) is 1. The zero-order chi connectivity index (χ0) is 14.3. The normalized spacial score (nSPS) is 13.0. The van der Waals surface area contributed by atoms with Crippen molar-refractivity contribution in [1.82, 2.24) is 10.3 Å². The third-order valence-corrected chi connectivity index (χ3v) is 2.86. The molecule has 1 aromatic rings.